The van der Waals surface area contributed by atoms with Crippen molar-refractivity contribution in [2.45, 2.75) is 45.4 Å². The summed E-state index contributed by atoms with van der Waals surface area (Å²) in [5, 5.41) is 6.78. The van der Waals surface area contributed by atoms with Gasteiger partial charge in [0.05, 0.1) is 12.8 Å². The fraction of sp³-hybridized carbons (Fsp3) is 0.471. The highest BCUT2D eigenvalue weighted by atomic mass is 16.5. The number of H-pyrrole nitrogens is 1. The van der Waals surface area contributed by atoms with E-state index in [4.69, 9.17) is 4.74 Å². The molecule has 1 heterocycles. The van der Waals surface area contributed by atoms with Gasteiger partial charge in [-0.1, -0.05) is 51.2 Å². The standard InChI is InChI=1S/C17H24N2O/c1-2-3-4-5-6-7-12-20-17-10-8-15(9-11-17)16-13-18-19-14-16/h8-11,13-14H,2-7,12H2,1H3,(H,18,19). The molecule has 0 spiro atoms. The normalized spacial score (nSPS) is 10.7. The average molecular weight is 272 g/mol. The van der Waals surface area contributed by atoms with Gasteiger partial charge in [0.15, 0.2) is 0 Å². The van der Waals surface area contributed by atoms with E-state index in [1.807, 2.05) is 24.5 Å². The summed E-state index contributed by atoms with van der Waals surface area (Å²) in [6.45, 7) is 3.06. The third-order valence-corrected chi connectivity index (χ3v) is 3.45. The van der Waals surface area contributed by atoms with Crippen LogP contribution in [-0.4, -0.2) is 16.8 Å². The number of aromatic amines is 1. The minimum Gasteiger partial charge on any atom is -0.494 e. The van der Waals surface area contributed by atoms with Crippen molar-refractivity contribution >= 4 is 0 Å². The Bertz CT molecular complexity index is 462. The minimum absolute atomic E-state index is 0.817. The van der Waals surface area contributed by atoms with E-state index in [0.717, 1.165) is 29.9 Å². The lowest BCUT2D eigenvalue weighted by molar-refractivity contribution is 0.304. The van der Waals surface area contributed by atoms with Crippen molar-refractivity contribution in [1.29, 1.82) is 0 Å². The summed E-state index contributed by atoms with van der Waals surface area (Å²) in [5.74, 6) is 0.950. The fourth-order valence-corrected chi connectivity index (χ4v) is 2.22. The lowest BCUT2D eigenvalue weighted by Crippen LogP contribution is -1.97. The van der Waals surface area contributed by atoms with Crippen LogP contribution in [0.2, 0.25) is 0 Å². The molecule has 0 aliphatic rings. The Morgan fingerprint density at radius 2 is 1.70 bits per heavy atom. The van der Waals surface area contributed by atoms with E-state index in [0.29, 0.717) is 0 Å². The second-order valence-corrected chi connectivity index (χ2v) is 5.13. The molecule has 0 saturated carbocycles. The molecule has 1 aromatic carbocycles. The van der Waals surface area contributed by atoms with E-state index in [1.54, 1.807) is 0 Å². The molecule has 2 rings (SSSR count). The molecule has 0 unspecified atom stereocenters. The van der Waals surface area contributed by atoms with Crippen LogP contribution < -0.4 is 4.74 Å². The number of benzene rings is 1. The van der Waals surface area contributed by atoms with Crippen molar-refractivity contribution in [2.24, 2.45) is 0 Å². The molecule has 2 aromatic rings. The molecule has 0 saturated heterocycles. The molecule has 1 aromatic heterocycles. The molecule has 1 N–H and O–H groups in total. The minimum atomic E-state index is 0.817. The Kier molecular flexibility index (Phi) is 6.15. The van der Waals surface area contributed by atoms with Crippen LogP contribution in [0.4, 0.5) is 0 Å². The number of unbranched alkanes of at least 4 members (excludes halogenated alkanes) is 5. The van der Waals surface area contributed by atoms with Crippen molar-refractivity contribution < 1.29 is 4.74 Å². The molecular formula is C17H24N2O. The van der Waals surface area contributed by atoms with Gasteiger partial charge in [-0.3, -0.25) is 5.10 Å². The molecule has 108 valence electrons. The third kappa shape index (κ3) is 4.72. The molecule has 0 aliphatic carbocycles. The zero-order valence-corrected chi connectivity index (χ0v) is 12.3. The van der Waals surface area contributed by atoms with Gasteiger partial charge in [-0.15, -0.1) is 0 Å². The Balaban J connectivity index is 1.67. The maximum atomic E-state index is 5.76. The van der Waals surface area contributed by atoms with Crippen LogP contribution >= 0.6 is 0 Å². The van der Waals surface area contributed by atoms with Gasteiger partial charge in [0.2, 0.25) is 0 Å². The van der Waals surface area contributed by atoms with Gasteiger partial charge in [-0.05, 0) is 24.1 Å². The molecule has 0 atom stereocenters. The van der Waals surface area contributed by atoms with Gasteiger partial charge in [0.25, 0.3) is 0 Å². The largest absolute Gasteiger partial charge is 0.494 e. The fourth-order valence-electron chi connectivity index (χ4n) is 2.22. The average Bonchev–Trinajstić information content (AvgIpc) is 3.01. The smallest absolute Gasteiger partial charge is 0.119 e. The SMILES string of the molecule is CCCCCCCCOc1ccc(-c2cn[nH]c2)cc1. The third-order valence-electron chi connectivity index (χ3n) is 3.45. The van der Waals surface area contributed by atoms with Crippen molar-refractivity contribution in [2.75, 3.05) is 6.61 Å². The number of aromatic nitrogens is 2. The van der Waals surface area contributed by atoms with E-state index in [2.05, 4.69) is 29.3 Å². The van der Waals surface area contributed by atoms with Crippen LogP contribution in [0.5, 0.6) is 5.75 Å². The summed E-state index contributed by atoms with van der Waals surface area (Å²) < 4.78 is 5.76. The quantitative estimate of drug-likeness (QED) is 0.665. The molecule has 3 heteroatoms. The van der Waals surface area contributed by atoms with Crippen LogP contribution in [-0.2, 0) is 0 Å². The number of rotatable bonds is 9. The molecule has 0 bridgehead atoms. The van der Waals surface area contributed by atoms with E-state index in [1.165, 1.54) is 32.1 Å². The first-order valence-electron chi connectivity index (χ1n) is 7.62. The van der Waals surface area contributed by atoms with E-state index >= 15 is 0 Å². The second kappa shape index (κ2) is 8.41. The van der Waals surface area contributed by atoms with Crippen LogP contribution in [0.3, 0.4) is 0 Å². The van der Waals surface area contributed by atoms with Crippen molar-refractivity contribution in [1.82, 2.24) is 10.2 Å². The lowest BCUT2D eigenvalue weighted by Gasteiger charge is -2.06. The summed E-state index contributed by atoms with van der Waals surface area (Å²) in [6.07, 6.45) is 11.5. The van der Waals surface area contributed by atoms with Gasteiger partial charge in [0.1, 0.15) is 5.75 Å². The van der Waals surface area contributed by atoms with Crippen LogP contribution in [0.15, 0.2) is 36.7 Å². The maximum absolute atomic E-state index is 5.76. The van der Waals surface area contributed by atoms with Crippen LogP contribution in [0.25, 0.3) is 11.1 Å². The number of hydrogen-bond donors (Lipinski definition) is 1. The molecule has 0 aliphatic heterocycles. The van der Waals surface area contributed by atoms with Gasteiger partial charge in [0, 0.05) is 11.8 Å². The predicted molar refractivity (Wildman–Crippen MR) is 82.9 cm³/mol. The van der Waals surface area contributed by atoms with E-state index < -0.39 is 0 Å². The first-order chi connectivity index (χ1) is 9.90. The lowest BCUT2D eigenvalue weighted by atomic mass is 10.1. The van der Waals surface area contributed by atoms with Crippen molar-refractivity contribution in [3.05, 3.63) is 36.7 Å². The van der Waals surface area contributed by atoms with E-state index in [9.17, 15) is 0 Å². The molecule has 20 heavy (non-hydrogen) atoms. The Labute approximate surface area is 121 Å². The van der Waals surface area contributed by atoms with Crippen LogP contribution in [0, 0.1) is 0 Å². The summed E-state index contributed by atoms with van der Waals surface area (Å²) in [4.78, 5) is 0. The number of hydrogen-bond acceptors (Lipinski definition) is 2. The topological polar surface area (TPSA) is 37.9 Å². The van der Waals surface area contributed by atoms with Crippen molar-refractivity contribution in [3.8, 4) is 16.9 Å². The number of nitrogens with zero attached hydrogens (tertiary/aromatic N) is 1. The number of nitrogens with one attached hydrogen (secondary N) is 1. The second-order valence-electron chi connectivity index (χ2n) is 5.13. The maximum Gasteiger partial charge on any atom is 0.119 e. The van der Waals surface area contributed by atoms with E-state index in [-0.39, 0.29) is 0 Å². The Hall–Kier alpha value is -1.77. The Morgan fingerprint density at radius 3 is 2.40 bits per heavy atom. The summed E-state index contributed by atoms with van der Waals surface area (Å²) in [5.41, 5.74) is 2.26. The van der Waals surface area contributed by atoms with Gasteiger partial charge >= 0.3 is 0 Å². The highest BCUT2D eigenvalue weighted by Crippen LogP contribution is 2.21. The highest BCUT2D eigenvalue weighted by Gasteiger charge is 1.99. The first-order valence-corrected chi connectivity index (χ1v) is 7.62. The molecule has 0 fully saturated rings. The van der Waals surface area contributed by atoms with Crippen molar-refractivity contribution in [3.63, 3.8) is 0 Å². The first kappa shape index (κ1) is 14.6. The van der Waals surface area contributed by atoms with Gasteiger partial charge in [-0.25, -0.2) is 0 Å². The zero-order chi connectivity index (χ0) is 14.0. The summed E-state index contributed by atoms with van der Waals surface area (Å²) >= 11 is 0. The summed E-state index contributed by atoms with van der Waals surface area (Å²) in [7, 11) is 0. The molecule has 0 amide bonds. The summed E-state index contributed by atoms with van der Waals surface area (Å²) in [6, 6.07) is 8.20. The van der Waals surface area contributed by atoms with Gasteiger partial charge in [-0.2, -0.15) is 5.10 Å². The highest BCUT2D eigenvalue weighted by molar-refractivity contribution is 5.62. The number of ether oxygens (including phenoxy) is 1. The Morgan fingerprint density at radius 1 is 0.950 bits per heavy atom. The van der Waals surface area contributed by atoms with Crippen LogP contribution in [0.1, 0.15) is 45.4 Å². The predicted octanol–water partition coefficient (Wildman–Crippen LogP) is 4.82. The molecule has 3 nitrogen and oxygen atoms in total. The molecular weight excluding hydrogens is 248 g/mol. The molecule has 0 radical (unpaired) electrons. The van der Waals surface area contributed by atoms with Gasteiger partial charge < -0.3 is 4.74 Å². The monoisotopic (exact) mass is 272 g/mol. The zero-order valence-electron chi connectivity index (χ0n) is 12.3.